The molecule has 0 radical (unpaired) electrons. The normalized spacial score (nSPS) is 14.4. The van der Waals surface area contributed by atoms with E-state index in [0.717, 1.165) is 46.0 Å². The fraction of sp³-hybridized carbons (Fsp3) is 0.333. The van der Waals surface area contributed by atoms with E-state index in [1.165, 1.54) is 33.1 Å². The molecule has 0 spiro atoms. The molecular formula is C18H18ClN3OS3. The van der Waals surface area contributed by atoms with Gasteiger partial charge in [-0.15, -0.1) is 34.0 Å². The lowest BCUT2D eigenvalue weighted by atomic mass is 10.1. The highest BCUT2D eigenvalue weighted by atomic mass is 35.5. The van der Waals surface area contributed by atoms with E-state index in [1.807, 2.05) is 30.4 Å². The Hall–Kier alpha value is -1.25. The number of thiazole rings is 1. The molecule has 1 aliphatic rings. The van der Waals surface area contributed by atoms with Crippen LogP contribution in [0.2, 0.25) is 4.34 Å². The summed E-state index contributed by atoms with van der Waals surface area (Å²) in [6.45, 7) is 5.44. The molecule has 4 heterocycles. The van der Waals surface area contributed by atoms with Gasteiger partial charge in [-0.1, -0.05) is 11.6 Å². The summed E-state index contributed by atoms with van der Waals surface area (Å²) in [7, 11) is 0. The molecule has 4 nitrogen and oxygen atoms in total. The van der Waals surface area contributed by atoms with E-state index >= 15 is 0 Å². The van der Waals surface area contributed by atoms with Crippen LogP contribution in [0.1, 0.15) is 25.8 Å². The minimum atomic E-state index is -0.0397. The van der Waals surface area contributed by atoms with Crippen molar-refractivity contribution >= 4 is 51.5 Å². The first-order valence-electron chi connectivity index (χ1n) is 8.39. The lowest BCUT2D eigenvalue weighted by molar-refractivity contribution is 0.0950. The van der Waals surface area contributed by atoms with E-state index in [2.05, 4.69) is 26.6 Å². The van der Waals surface area contributed by atoms with Crippen LogP contribution < -0.4 is 5.32 Å². The molecule has 0 aliphatic carbocycles. The number of carbonyl (C=O) groups excluding carboxylic acids is 1. The Balaban J connectivity index is 1.33. The van der Waals surface area contributed by atoms with Crippen molar-refractivity contribution in [3.05, 3.63) is 48.9 Å². The molecule has 0 saturated heterocycles. The van der Waals surface area contributed by atoms with Gasteiger partial charge in [-0.25, -0.2) is 4.98 Å². The number of aromatic nitrogens is 1. The molecule has 26 heavy (non-hydrogen) atoms. The van der Waals surface area contributed by atoms with E-state index in [9.17, 15) is 4.79 Å². The number of fused-ring (bicyclic) bond motifs is 1. The first-order valence-corrected chi connectivity index (χ1v) is 11.3. The summed E-state index contributed by atoms with van der Waals surface area (Å²) in [4.78, 5) is 22.7. The summed E-state index contributed by atoms with van der Waals surface area (Å²) in [5.74, 6) is -0.0397. The Morgan fingerprint density at radius 2 is 2.23 bits per heavy atom. The summed E-state index contributed by atoms with van der Waals surface area (Å²) in [6, 6.07) is 6.02. The van der Waals surface area contributed by atoms with Crippen molar-refractivity contribution < 1.29 is 4.79 Å². The molecule has 3 aromatic rings. The molecule has 1 amide bonds. The number of aryl methyl sites for hydroxylation is 1. The van der Waals surface area contributed by atoms with Gasteiger partial charge in [0.15, 0.2) is 0 Å². The second-order valence-corrected chi connectivity index (χ2v) is 9.90. The molecule has 0 aromatic carbocycles. The maximum absolute atomic E-state index is 12.5. The number of carbonyl (C=O) groups is 1. The number of rotatable bonds is 5. The molecule has 1 N–H and O–H groups in total. The van der Waals surface area contributed by atoms with Crippen molar-refractivity contribution in [3.8, 4) is 9.88 Å². The number of thiophene rings is 2. The van der Waals surface area contributed by atoms with Gasteiger partial charge in [-0.05, 0) is 42.5 Å². The molecule has 0 bridgehead atoms. The Morgan fingerprint density at radius 3 is 3.04 bits per heavy atom. The molecule has 8 heteroatoms. The monoisotopic (exact) mass is 423 g/mol. The quantitative estimate of drug-likeness (QED) is 0.647. The van der Waals surface area contributed by atoms with Crippen LogP contribution in [0.4, 0.5) is 0 Å². The molecule has 1 aliphatic heterocycles. The second-order valence-electron chi connectivity index (χ2n) is 6.19. The summed E-state index contributed by atoms with van der Waals surface area (Å²) in [5, 5.41) is 6.06. The summed E-state index contributed by atoms with van der Waals surface area (Å²) < 4.78 is 0.731. The van der Waals surface area contributed by atoms with Crippen LogP contribution in [-0.4, -0.2) is 35.4 Å². The number of hydrogen-bond acceptors (Lipinski definition) is 6. The van der Waals surface area contributed by atoms with Crippen LogP contribution in [0.3, 0.4) is 0 Å². The predicted octanol–water partition coefficient (Wildman–Crippen LogP) is 4.68. The largest absolute Gasteiger partial charge is 0.350 e. The van der Waals surface area contributed by atoms with Crippen molar-refractivity contribution in [2.75, 3.05) is 19.6 Å². The average molecular weight is 424 g/mol. The summed E-state index contributed by atoms with van der Waals surface area (Å²) in [6.07, 6.45) is 1.11. The van der Waals surface area contributed by atoms with E-state index in [4.69, 9.17) is 11.6 Å². The van der Waals surface area contributed by atoms with Gasteiger partial charge in [-0.3, -0.25) is 9.69 Å². The van der Waals surface area contributed by atoms with E-state index < -0.39 is 0 Å². The third kappa shape index (κ3) is 3.87. The smallest absolute Gasteiger partial charge is 0.263 e. The Morgan fingerprint density at radius 1 is 1.35 bits per heavy atom. The van der Waals surface area contributed by atoms with E-state index in [0.29, 0.717) is 11.4 Å². The third-order valence-corrected chi connectivity index (χ3v) is 7.97. The zero-order valence-corrected chi connectivity index (χ0v) is 17.5. The average Bonchev–Trinajstić information content (AvgIpc) is 3.33. The van der Waals surface area contributed by atoms with Crippen LogP contribution in [0, 0.1) is 6.92 Å². The van der Waals surface area contributed by atoms with Gasteiger partial charge >= 0.3 is 0 Å². The summed E-state index contributed by atoms with van der Waals surface area (Å²) in [5.41, 5.74) is 2.21. The minimum Gasteiger partial charge on any atom is -0.350 e. The van der Waals surface area contributed by atoms with Crippen molar-refractivity contribution in [1.29, 1.82) is 0 Å². The lowest BCUT2D eigenvalue weighted by Crippen LogP contribution is -2.37. The topological polar surface area (TPSA) is 45.2 Å². The minimum absolute atomic E-state index is 0.0397. The van der Waals surface area contributed by atoms with Gasteiger partial charge < -0.3 is 5.32 Å². The van der Waals surface area contributed by atoms with Crippen molar-refractivity contribution in [3.63, 3.8) is 0 Å². The van der Waals surface area contributed by atoms with Gasteiger partial charge in [0.1, 0.15) is 9.88 Å². The van der Waals surface area contributed by atoms with Crippen LogP contribution in [0.25, 0.3) is 9.88 Å². The highest BCUT2D eigenvalue weighted by Gasteiger charge is 2.19. The number of halogens is 1. The third-order valence-electron chi connectivity index (χ3n) is 4.39. The molecule has 3 aromatic heterocycles. The van der Waals surface area contributed by atoms with E-state index in [-0.39, 0.29) is 5.91 Å². The van der Waals surface area contributed by atoms with Gasteiger partial charge in [-0.2, -0.15) is 0 Å². The van der Waals surface area contributed by atoms with Crippen LogP contribution in [0.5, 0.6) is 0 Å². The van der Waals surface area contributed by atoms with Gasteiger partial charge in [0.25, 0.3) is 5.91 Å². The Labute approximate surface area is 169 Å². The molecule has 0 atom stereocenters. The first kappa shape index (κ1) is 18.1. The van der Waals surface area contributed by atoms with Gasteiger partial charge in [0.2, 0.25) is 0 Å². The Kier molecular flexibility index (Phi) is 5.42. The molecule has 0 fully saturated rings. The standard InChI is InChI=1S/C18H18ClN3OS3/c1-11-16(26-18(21-11)14-2-3-15(19)25-14)17(23)20-6-8-22-7-4-13-12(10-22)5-9-24-13/h2-3,5,9H,4,6-8,10H2,1H3,(H,20,23). The zero-order chi connectivity index (χ0) is 18.1. The number of amides is 1. The maximum atomic E-state index is 12.5. The SMILES string of the molecule is Cc1nc(-c2ccc(Cl)s2)sc1C(=O)NCCN1CCc2sccc2C1. The lowest BCUT2D eigenvalue weighted by Gasteiger charge is -2.26. The van der Waals surface area contributed by atoms with Gasteiger partial charge in [0.05, 0.1) is 14.9 Å². The highest BCUT2D eigenvalue weighted by Crippen LogP contribution is 2.34. The van der Waals surface area contributed by atoms with Crippen molar-refractivity contribution in [2.45, 2.75) is 19.9 Å². The number of nitrogens with one attached hydrogen (secondary N) is 1. The zero-order valence-electron chi connectivity index (χ0n) is 14.3. The molecule has 136 valence electrons. The number of hydrogen-bond donors (Lipinski definition) is 1. The predicted molar refractivity (Wildman–Crippen MR) is 111 cm³/mol. The second kappa shape index (κ2) is 7.78. The molecule has 0 unspecified atom stereocenters. The number of nitrogens with zero attached hydrogens (tertiary/aromatic N) is 2. The fourth-order valence-electron chi connectivity index (χ4n) is 3.05. The highest BCUT2D eigenvalue weighted by molar-refractivity contribution is 7.24. The van der Waals surface area contributed by atoms with Crippen molar-refractivity contribution in [1.82, 2.24) is 15.2 Å². The maximum Gasteiger partial charge on any atom is 0.263 e. The van der Waals surface area contributed by atoms with Crippen LogP contribution >= 0.6 is 45.6 Å². The molecule has 4 rings (SSSR count). The first-order chi connectivity index (χ1) is 12.6. The van der Waals surface area contributed by atoms with Gasteiger partial charge in [0, 0.05) is 31.1 Å². The fourth-order valence-corrected chi connectivity index (χ4v) is 6.02. The Bertz CT molecular complexity index is 930. The molecule has 0 saturated carbocycles. The molecular weight excluding hydrogens is 406 g/mol. The van der Waals surface area contributed by atoms with Crippen LogP contribution in [0.15, 0.2) is 23.6 Å². The summed E-state index contributed by atoms with van der Waals surface area (Å²) >= 11 is 10.8. The van der Waals surface area contributed by atoms with Crippen LogP contribution in [-0.2, 0) is 13.0 Å². The van der Waals surface area contributed by atoms with Crippen molar-refractivity contribution in [2.24, 2.45) is 0 Å². The van der Waals surface area contributed by atoms with E-state index in [1.54, 1.807) is 0 Å².